The van der Waals surface area contributed by atoms with Gasteiger partial charge in [0.05, 0.1) is 28.0 Å². The number of imidazole rings is 1. The molecule has 0 atom stereocenters. The van der Waals surface area contributed by atoms with E-state index in [1.807, 2.05) is 30.5 Å². The number of phenols is 1. The van der Waals surface area contributed by atoms with Gasteiger partial charge < -0.3 is 9.52 Å². The van der Waals surface area contributed by atoms with E-state index in [0.717, 1.165) is 77.7 Å². The molecule has 0 fully saturated rings. The number of furan rings is 1. The molecule has 3 aromatic heterocycles. The molecule has 0 radical (unpaired) electrons. The van der Waals surface area contributed by atoms with Gasteiger partial charge in [-0.2, -0.15) is 0 Å². The van der Waals surface area contributed by atoms with Crippen molar-refractivity contribution in [1.29, 1.82) is 0 Å². The zero-order valence-electron chi connectivity index (χ0n) is 37.1. The summed E-state index contributed by atoms with van der Waals surface area (Å²) in [4.78, 5) is 10.5. The molecule has 5 heteroatoms. The van der Waals surface area contributed by atoms with Gasteiger partial charge in [-0.05, 0) is 111 Å². The number of hydrogen-bond donors (Lipinski definition) is 1. The second-order valence-corrected chi connectivity index (χ2v) is 19.3. The first-order valence-corrected chi connectivity index (χ1v) is 21.6. The Morgan fingerprint density at radius 1 is 0.590 bits per heavy atom. The molecule has 1 N–H and O–H groups in total. The van der Waals surface area contributed by atoms with Gasteiger partial charge in [0.15, 0.2) is 0 Å². The van der Waals surface area contributed by atoms with E-state index < -0.39 is 0 Å². The third-order valence-electron chi connectivity index (χ3n) is 12.2. The fourth-order valence-electron chi connectivity index (χ4n) is 8.90. The molecule has 9 aromatic rings. The molecule has 61 heavy (non-hydrogen) atoms. The Balaban J connectivity index is 1.43. The molecular formula is C56H55N3O2. The summed E-state index contributed by atoms with van der Waals surface area (Å²) >= 11 is 0. The Bertz CT molecular complexity index is 3070. The summed E-state index contributed by atoms with van der Waals surface area (Å²) < 4.78 is 8.96. The lowest BCUT2D eigenvalue weighted by Gasteiger charge is -2.28. The predicted octanol–water partition coefficient (Wildman–Crippen LogP) is 15.5. The molecule has 0 saturated carbocycles. The Hall–Kier alpha value is -6.46. The Morgan fingerprint density at radius 2 is 1.28 bits per heavy atom. The molecule has 306 valence electrons. The molecule has 0 aliphatic carbocycles. The van der Waals surface area contributed by atoms with Gasteiger partial charge in [-0.1, -0.05) is 142 Å². The summed E-state index contributed by atoms with van der Waals surface area (Å²) in [5.41, 5.74) is 15.4. The minimum Gasteiger partial charge on any atom is -0.507 e. The SMILES string of the molecule is CC(C)c1cc(-c2ccccc2)cc(C(C)C)c1-n1c(-c2cc(C(C)(C)C)cc(C(C)(C)C)c2O)nc2c(-c3cc(-c4ccccn4)c4c(c3)oc3ccccc34)cccc21. The van der Waals surface area contributed by atoms with E-state index in [2.05, 4.69) is 177 Å². The summed E-state index contributed by atoms with van der Waals surface area (Å²) in [5.74, 6) is 1.34. The monoisotopic (exact) mass is 801 g/mol. The van der Waals surface area contributed by atoms with Crippen molar-refractivity contribution < 1.29 is 9.52 Å². The number of benzene rings is 6. The van der Waals surface area contributed by atoms with Crippen LogP contribution in [0.15, 0.2) is 138 Å². The van der Waals surface area contributed by atoms with Gasteiger partial charge in [-0.25, -0.2) is 4.98 Å². The van der Waals surface area contributed by atoms with Crippen LogP contribution in [0.2, 0.25) is 0 Å². The highest BCUT2D eigenvalue weighted by Crippen LogP contribution is 2.47. The van der Waals surface area contributed by atoms with E-state index in [0.29, 0.717) is 5.82 Å². The van der Waals surface area contributed by atoms with Crippen molar-refractivity contribution in [3.8, 4) is 56.3 Å². The van der Waals surface area contributed by atoms with E-state index in [1.165, 1.54) is 22.3 Å². The highest BCUT2D eigenvalue weighted by atomic mass is 16.3. The fourth-order valence-corrected chi connectivity index (χ4v) is 8.90. The van der Waals surface area contributed by atoms with Gasteiger partial charge in [-0.15, -0.1) is 0 Å². The second-order valence-electron chi connectivity index (χ2n) is 19.3. The number of aromatic nitrogens is 3. The van der Waals surface area contributed by atoms with Crippen LogP contribution in [0.5, 0.6) is 5.75 Å². The number of fused-ring (bicyclic) bond motifs is 4. The number of nitrogens with zero attached hydrogens (tertiary/aromatic N) is 3. The molecule has 0 aliphatic rings. The van der Waals surface area contributed by atoms with Crippen LogP contribution in [-0.2, 0) is 10.8 Å². The standard InChI is InChI=1S/C56H55N3O2/c1-33(2)41-27-36(35-19-12-11-13-20-35)28-42(34(3)4)52(41)59-47-24-18-22-39(51(47)58-54(59)44-31-38(55(5,6)7)32-45(53(44)60)56(8,9)10)37-29-43(46-23-16-17-26-57-46)50-40-21-14-15-25-48(40)61-49(50)30-37/h11-34,60H,1-10H3. The molecule has 9 rings (SSSR count). The molecular weight excluding hydrogens is 747 g/mol. The van der Waals surface area contributed by atoms with Crippen LogP contribution in [0.4, 0.5) is 0 Å². The van der Waals surface area contributed by atoms with Gasteiger partial charge in [-0.3, -0.25) is 9.55 Å². The summed E-state index contributed by atoms with van der Waals surface area (Å²) in [5, 5.41) is 14.7. The van der Waals surface area contributed by atoms with Crippen molar-refractivity contribution in [2.24, 2.45) is 0 Å². The topological polar surface area (TPSA) is 64.1 Å². The lowest BCUT2D eigenvalue weighted by atomic mass is 9.78. The number of rotatable bonds is 7. The number of hydrogen-bond acceptors (Lipinski definition) is 4. The van der Waals surface area contributed by atoms with E-state index in [9.17, 15) is 5.11 Å². The first kappa shape index (κ1) is 40.0. The zero-order chi connectivity index (χ0) is 43.0. The fraction of sp³-hybridized carbons (Fsp3) is 0.250. The highest BCUT2D eigenvalue weighted by molar-refractivity contribution is 6.14. The molecule has 0 bridgehead atoms. The molecule has 6 aromatic carbocycles. The number of pyridine rings is 1. The maximum Gasteiger partial charge on any atom is 0.149 e. The van der Waals surface area contributed by atoms with Gasteiger partial charge in [0.2, 0.25) is 0 Å². The van der Waals surface area contributed by atoms with Crippen molar-refractivity contribution in [3.63, 3.8) is 0 Å². The molecule has 0 unspecified atom stereocenters. The van der Waals surface area contributed by atoms with Crippen molar-refractivity contribution in [2.75, 3.05) is 0 Å². The Kier molecular flexibility index (Phi) is 9.77. The van der Waals surface area contributed by atoms with Crippen molar-refractivity contribution >= 4 is 33.0 Å². The normalized spacial score (nSPS) is 12.5. The second kappa shape index (κ2) is 14.9. The average molecular weight is 802 g/mol. The molecule has 3 heterocycles. The molecule has 0 amide bonds. The van der Waals surface area contributed by atoms with E-state index >= 15 is 0 Å². The molecule has 0 spiro atoms. The largest absolute Gasteiger partial charge is 0.507 e. The molecule has 0 aliphatic heterocycles. The van der Waals surface area contributed by atoms with Crippen molar-refractivity contribution in [1.82, 2.24) is 14.5 Å². The number of aromatic hydroxyl groups is 1. The summed E-state index contributed by atoms with van der Waals surface area (Å²) in [6.45, 7) is 22.3. The van der Waals surface area contributed by atoms with Gasteiger partial charge >= 0.3 is 0 Å². The van der Waals surface area contributed by atoms with Crippen molar-refractivity contribution in [3.05, 3.63) is 156 Å². The molecule has 5 nitrogen and oxygen atoms in total. The van der Waals surface area contributed by atoms with Crippen LogP contribution in [0.25, 0.3) is 83.6 Å². The zero-order valence-corrected chi connectivity index (χ0v) is 37.1. The van der Waals surface area contributed by atoms with Crippen LogP contribution in [0.3, 0.4) is 0 Å². The van der Waals surface area contributed by atoms with Gasteiger partial charge in [0.25, 0.3) is 0 Å². The lowest BCUT2D eigenvalue weighted by molar-refractivity contribution is 0.446. The van der Waals surface area contributed by atoms with Gasteiger partial charge in [0.1, 0.15) is 22.7 Å². The summed E-state index contributed by atoms with van der Waals surface area (Å²) in [6, 6.07) is 44.9. The van der Waals surface area contributed by atoms with Crippen molar-refractivity contribution in [2.45, 2.75) is 91.9 Å². The summed E-state index contributed by atoms with van der Waals surface area (Å²) in [6.07, 6.45) is 1.84. The van der Waals surface area contributed by atoms with Crippen LogP contribution in [-0.4, -0.2) is 19.6 Å². The Labute approximate surface area is 359 Å². The van der Waals surface area contributed by atoms with Crippen LogP contribution >= 0.6 is 0 Å². The number of para-hydroxylation sites is 2. The smallest absolute Gasteiger partial charge is 0.149 e. The van der Waals surface area contributed by atoms with E-state index in [-0.39, 0.29) is 28.4 Å². The predicted molar refractivity (Wildman–Crippen MR) is 255 cm³/mol. The quantitative estimate of drug-likeness (QED) is 0.174. The maximum absolute atomic E-state index is 12.6. The first-order valence-electron chi connectivity index (χ1n) is 21.6. The molecule has 0 saturated heterocycles. The lowest BCUT2D eigenvalue weighted by Crippen LogP contribution is -2.17. The Morgan fingerprint density at radius 3 is 1.93 bits per heavy atom. The van der Waals surface area contributed by atoms with E-state index in [4.69, 9.17) is 14.4 Å². The minimum absolute atomic E-state index is 0.181. The van der Waals surface area contributed by atoms with E-state index in [1.54, 1.807) is 0 Å². The maximum atomic E-state index is 12.6. The van der Waals surface area contributed by atoms with Crippen LogP contribution in [0, 0.1) is 0 Å². The third kappa shape index (κ3) is 7.00. The van der Waals surface area contributed by atoms with Gasteiger partial charge in [0, 0.05) is 33.7 Å². The summed E-state index contributed by atoms with van der Waals surface area (Å²) in [7, 11) is 0. The third-order valence-corrected chi connectivity index (χ3v) is 12.2. The highest BCUT2D eigenvalue weighted by Gasteiger charge is 2.31. The van der Waals surface area contributed by atoms with Crippen LogP contribution in [0.1, 0.15) is 103 Å². The first-order chi connectivity index (χ1) is 29.1. The number of phenolic OH excluding ortho intramolecular Hbond substituents is 1. The minimum atomic E-state index is -0.324. The van der Waals surface area contributed by atoms with Crippen LogP contribution < -0.4 is 0 Å². The average Bonchev–Trinajstić information content (AvgIpc) is 3.81.